The first kappa shape index (κ1) is 19.1. The molecule has 0 fully saturated rings. The van der Waals surface area contributed by atoms with Crippen LogP contribution >= 0.6 is 22.6 Å². The molecule has 1 N–H and O–H groups in total. The summed E-state index contributed by atoms with van der Waals surface area (Å²) in [5.41, 5.74) is 2.41. The number of pyridine rings is 1. The Hall–Kier alpha value is -2.68. The molecular weight excluding hydrogens is 459 g/mol. The van der Waals surface area contributed by atoms with Gasteiger partial charge in [0, 0.05) is 20.8 Å². The normalized spacial score (nSPS) is 10.5. The summed E-state index contributed by atoms with van der Waals surface area (Å²) in [6.07, 6.45) is 1.42. The highest BCUT2D eigenvalue weighted by Crippen LogP contribution is 2.31. The molecule has 3 aromatic rings. The molecule has 0 aliphatic rings. The molecule has 138 valence electrons. The number of hydrogen-bond donors (Lipinski definition) is 1. The number of nitrogens with one attached hydrogen (secondary N) is 1. The maximum Gasteiger partial charge on any atom is 0.341 e. The zero-order valence-corrected chi connectivity index (χ0v) is 16.9. The van der Waals surface area contributed by atoms with Gasteiger partial charge in [-0.1, -0.05) is 12.1 Å². The first-order valence-corrected chi connectivity index (χ1v) is 9.32. The Morgan fingerprint density at radius 3 is 2.48 bits per heavy atom. The molecule has 0 aliphatic heterocycles. The van der Waals surface area contributed by atoms with E-state index in [2.05, 4.69) is 32.9 Å². The number of ether oxygens (including phenoxy) is 2. The summed E-state index contributed by atoms with van der Waals surface area (Å²) in [5, 5.41) is 3.90. The lowest BCUT2D eigenvalue weighted by molar-refractivity contribution is 0.0526. The van der Waals surface area contributed by atoms with Gasteiger partial charge in [-0.3, -0.25) is 4.98 Å². The van der Waals surface area contributed by atoms with E-state index in [1.807, 2.05) is 24.3 Å². The van der Waals surface area contributed by atoms with Crippen molar-refractivity contribution in [3.05, 3.63) is 63.4 Å². The number of nitrogens with zero attached hydrogens (tertiary/aromatic N) is 1. The minimum Gasteiger partial charge on any atom is -0.465 e. The number of para-hydroxylation sites is 1. The maximum atomic E-state index is 12.4. The van der Waals surface area contributed by atoms with Crippen LogP contribution in [0, 0.1) is 3.57 Å². The molecule has 6 nitrogen and oxygen atoms in total. The van der Waals surface area contributed by atoms with E-state index in [0.29, 0.717) is 27.7 Å². The highest BCUT2D eigenvalue weighted by molar-refractivity contribution is 14.1. The molecule has 7 heteroatoms. The van der Waals surface area contributed by atoms with Crippen molar-refractivity contribution in [2.45, 2.75) is 6.92 Å². The summed E-state index contributed by atoms with van der Waals surface area (Å²) in [6, 6.07) is 12.9. The monoisotopic (exact) mass is 476 g/mol. The summed E-state index contributed by atoms with van der Waals surface area (Å²) in [4.78, 5) is 28.8. The molecule has 0 saturated carbocycles. The van der Waals surface area contributed by atoms with Gasteiger partial charge in [-0.25, -0.2) is 9.59 Å². The Kier molecular flexibility index (Phi) is 5.90. The third-order valence-electron chi connectivity index (χ3n) is 3.91. The number of benzene rings is 2. The van der Waals surface area contributed by atoms with Crippen LogP contribution in [-0.2, 0) is 9.47 Å². The van der Waals surface area contributed by atoms with E-state index >= 15 is 0 Å². The lowest BCUT2D eigenvalue weighted by Crippen LogP contribution is -2.10. The summed E-state index contributed by atoms with van der Waals surface area (Å²) < 4.78 is 11.1. The van der Waals surface area contributed by atoms with Gasteiger partial charge < -0.3 is 14.8 Å². The summed E-state index contributed by atoms with van der Waals surface area (Å²) in [7, 11) is 1.32. The van der Waals surface area contributed by atoms with Crippen molar-refractivity contribution in [3.63, 3.8) is 0 Å². The molecule has 0 radical (unpaired) electrons. The van der Waals surface area contributed by atoms with Crippen molar-refractivity contribution in [1.82, 2.24) is 4.98 Å². The molecule has 1 heterocycles. The number of rotatable bonds is 5. The standard InChI is InChI=1S/C20H17IN2O4/c1-3-27-20(25)16-11-22-17-14(5-4-6-15(17)19(24)26-2)18(16)23-13-9-7-12(21)8-10-13/h4-11H,3H2,1-2H3,(H,22,23). The first-order valence-electron chi connectivity index (χ1n) is 8.25. The van der Waals surface area contributed by atoms with Gasteiger partial charge in [0.15, 0.2) is 0 Å². The van der Waals surface area contributed by atoms with E-state index < -0.39 is 11.9 Å². The largest absolute Gasteiger partial charge is 0.465 e. The number of esters is 2. The second-order valence-electron chi connectivity index (χ2n) is 5.59. The van der Waals surface area contributed by atoms with Crippen molar-refractivity contribution in [2.24, 2.45) is 0 Å². The third kappa shape index (κ3) is 4.02. The Morgan fingerprint density at radius 2 is 1.81 bits per heavy atom. The van der Waals surface area contributed by atoms with Crippen molar-refractivity contribution in [2.75, 3.05) is 19.0 Å². The zero-order chi connectivity index (χ0) is 19.4. The van der Waals surface area contributed by atoms with Gasteiger partial charge in [0.1, 0.15) is 5.56 Å². The van der Waals surface area contributed by atoms with E-state index in [4.69, 9.17) is 9.47 Å². The van der Waals surface area contributed by atoms with Gasteiger partial charge in [0.25, 0.3) is 0 Å². The second kappa shape index (κ2) is 8.34. The number of carbonyl (C=O) groups is 2. The van der Waals surface area contributed by atoms with Gasteiger partial charge in [-0.15, -0.1) is 0 Å². The lowest BCUT2D eigenvalue weighted by atomic mass is 10.0. The number of aromatic nitrogens is 1. The fraction of sp³-hybridized carbons (Fsp3) is 0.150. The molecule has 0 aliphatic carbocycles. The van der Waals surface area contributed by atoms with Gasteiger partial charge in [-0.2, -0.15) is 0 Å². The van der Waals surface area contributed by atoms with Crippen LogP contribution in [0.1, 0.15) is 27.6 Å². The molecule has 1 aromatic heterocycles. The lowest BCUT2D eigenvalue weighted by Gasteiger charge is -2.15. The van der Waals surface area contributed by atoms with Gasteiger partial charge in [-0.05, 0) is 59.8 Å². The molecule has 0 unspecified atom stereocenters. The van der Waals surface area contributed by atoms with E-state index in [1.54, 1.807) is 25.1 Å². The van der Waals surface area contributed by atoms with Crippen LogP contribution in [0.2, 0.25) is 0 Å². The smallest absolute Gasteiger partial charge is 0.341 e. The SMILES string of the molecule is CCOC(=O)c1cnc2c(C(=O)OC)cccc2c1Nc1ccc(I)cc1. The molecule has 3 rings (SSSR count). The number of fused-ring (bicyclic) bond motifs is 1. The molecule has 0 spiro atoms. The molecule has 0 amide bonds. The van der Waals surface area contributed by atoms with Crippen LogP contribution in [0.4, 0.5) is 11.4 Å². The van der Waals surface area contributed by atoms with Crippen LogP contribution in [0.5, 0.6) is 0 Å². The third-order valence-corrected chi connectivity index (χ3v) is 4.63. The number of methoxy groups -OCH3 is 1. The first-order chi connectivity index (χ1) is 13.0. The van der Waals surface area contributed by atoms with Crippen molar-refractivity contribution < 1.29 is 19.1 Å². The molecule has 0 saturated heterocycles. The molecular formula is C20H17IN2O4. The number of anilines is 2. The molecule has 0 atom stereocenters. The van der Waals surface area contributed by atoms with Gasteiger partial charge >= 0.3 is 11.9 Å². The van der Waals surface area contributed by atoms with E-state index in [-0.39, 0.29) is 6.61 Å². The van der Waals surface area contributed by atoms with E-state index in [1.165, 1.54) is 13.3 Å². The van der Waals surface area contributed by atoms with E-state index in [9.17, 15) is 9.59 Å². The quantitative estimate of drug-likeness (QED) is 0.430. The Labute approximate surface area is 170 Å². The van der Waals surface area contributed by atoms with Gasteiger partial charge in [0.05, 0.1) is 30.5 Å². The van der Waals surface area contributed by atoms with Crippen LogP contribution in [0.25, 0.3) is 10.9 Å². The van der Waals surface area contributed by atoms with Crippen molar-refractivity contribution in [3.8, 4) is 0 Å². The minimum atomic E-state index is -0.489. The highest BCUT2D eigenvalue weighted by atomic mass is 127. The summed E-state index contributed by atoms with van der Waals surface area (Å²) in [5.74, 6) is -0.972. The zero-order valence-electron chi connectivity index (χ0n) is 14.8. The Bertz CT molecular complexity index is 1000. The number of halogens is 1. The van der Waals surface area contributed by atoms with Crippen LogP contribution in [0.3, 0.4) is 0 Å². The Morgan fingerprint density at radius 1 is 1.07 bits per heavy atom. The predicted molar refractivity (Wildman–Crippen MR) is 111 cm³/mol. The number of carbonyl (C=O) groups excluding carboxylic acids is 2. The molecule has 27 heavy (non-hydrogen) atoms. The maximum absolute atomic E-state index is 12.4. The van der Waals surface area contributed by atoms with E-state index in [0.717, 1.165) is 9.26 Å². The predicted octanol–water partition coefficient (Wildman–Crippen LogP) is 4.55. The highest BCUT2D eigenvalue weighted by Gasteiger charge is 2.20. The Balaban J connectivity index is 2.21. The molecule has 0 bridgehead atoms. The van der Waals surface area contributed by atoms with Crippen LogP contribution in [0.15, 0.2) is 48.7 Å². The van der Waals surface area contributed by atoms with Crippen molar-refractivity contribution in [1.29, 1.82) is 0 Å². The molecule has 2 aromatic carbocycles. The minimum absolute atomic E-state index is 0.252. The fourth-order valence-corrected chi connectivity index (χ4v) is 3.03. The van der Waals surface area contributed by atoms with Crippen molar-refractivity contribution >= 4 is 56.8 Å². The summed E-state index contributed by atoms with van der Waals surface area (Å²) >= 11 is 2.22. The van der Waals surface area contributed by atoms with Crippen LogP contribution in [-0.4, -0.2) is 30.6 Å². The van der Waals surface area contributed by atoms with Gasteiger partial charge in [0.2, 0.25) is 0 Å². The average Bonchev–Trinajstić information content (AvgIpc) is 2.69. The fourth-order valence-electron chi connectivity index (χ4n) is 2.67. The second-order valence-corrected chi connectivity index (χ2v) is 6.84. The number of hydrogen-bond acceptors (Lipinski definition) is 6. The summed E-state index contributed by atoms with van der Waals surface area (Å²) in [6.45, 7) is 2.00. The average molecular weight is 476 g/mol. The topological polar surface area (TPSA) is 77.5 Å². The van der Waals surface area contributed by atoms with Crippen LogP contribution < -0.4 is 5.32 Å².